The third kappa shape index (κ3) is 2.93. The molecule has 0 aromatic heterocycles. The highest BCUT2D eigenvalue weighted by Gasteiger charge is 2.23. The number of hydrogen-bond acceptors (Lipinski definition) is 2. The van der Waals surface area contributed by atoms with E-state index in [1.165, 1.54) is 37.7 Å². The molecule has 0 aliphatic heterocycles. The van der Waals surface area contributed by atoms with Crippen LogP contribution < -0.4 is 11.1 Å². The average Bonchev–Trinajstić information content (AvgIpc) is 2.33. The predicted octanol–water partition coefficient (Wildman–Crippen LogP) is 3.96. The molecule has 0 heterocycles. The average molecular weight is 232 g/mol. The number of nitrogens with one attached hydrogen (secondary N) is 1. The van der Waals surface area contributed by atoms with Gasteiger partial charge in [-0.05, 0) is 43.4 Å². The first-order valence-electron chi connectivity index (χ1n) is 6.83. The maximum Gasteiger partial charge on any atom is 0.0576 e. The van der Waals surface area contributed by atoms with E-state index in [2.05, 4.69) is 31.3 Å². The fourth-order valence-electron chi connectivity index (χ4n) is 2.90. The van der Waals surface area contributed by atoms with E-state index in [0.29, 0.717) is 6.04 Å². The number of hydrogen-bond donors (Lipinski definition) is 2. The molecule has 0 amide bonds. The van der Waals surface area contributed by atoms with Gasteiger partial charge in [0.15, 0.2) is 0 Å². The Morgan fingerprint density at radius 1 is 1.29 bits per heavy atom. The lowest BCUT2D eigenvalue weighted by molar-refractivity contribution is 0.317. The Kier molecular flexibility index (Phi) is 3.93. The van der Waals surface area contributed by atoms with Crippen LogP contribution in [-0.4, -0.2) is 6.04 Å². The Hall–Kier alpha value is -1.18. The number of nitrogens with two attached hydrogens (primary N) is 1. The lowest BCUT2D eigenvalue weighted by Crippen LogP contribution is -2.32. The van der Waals surface area contributed by atoms with Crippen molar-refractivity contribution < 1.29 is 0 Å². The van der Waals surface area contributed by atoms with Crippen molar-refractivity contribution in [2.24, 2.45) is 5.92 Å². The van der Waals surface area contributed by atoms with Crippen LogP contribution in [0.1, 0.15) is 44.6 Å². The van der Waals surface area contributed by atoms with E-state index >= 15 is 0 Å². The van der Waals surface area contributed by atoms with E-state index in [9.17, 15) is 0 Å². The van der Waals surface area contributed by atoms with Gasteiger partial charge in [0.1, 0.15) is 0 Å². The summed E-state index contributed by atoms with van der Waals surface area (Å²) in [7, 11) is 0. The van der Waals surface area contributed by atoms with Crippen molar-refractivity contribution in [3.05, 3.63) is 23.8 Å². The third-order valence-corrected chi connectivity index (χ3v) is 3.98. The van der Waals surface area contributed by atoms with Gasteiger partial charge in [0.25, 0.3) is 0 Å². The van der Waals surface area contributed by atoms with Crippen molar-refractivity contribution in [1.29, 1.82) is 0 Å². The number of anilines is 2. The molecule has 2 atom stereocenters. The Balaban J connectivity index is 2.08. The fraction of sp³-hybridized carbons (Fsp3) is 0.600. The zero-order valence-corrected chi connectivity index (χ0v) is 11.0. The highest BCUT2D eigenvalue weighted by molar-refractivity contribution is 5.67. The number of rotatable bonds is 3. The van der Waals surface area contributed by atoms with Crippen LogP contribution in [0.15, 0.2) is 18.2 Å². The molecule has 2 unspecified atom stereocenters. The summed E-state index contributed by atoms with van der Waals surface area (Å²) in [5, 5.41) is 3.65. The molecule has 2 rings (SSSR count). The second-order valence-electron chi connectivity index (χ2n) is 5.29. The van der Waals surface area contributed by atoms with Gasteiger partial charge < -0.3 is 11.1 Å². The van der Waals surface area contributed by atoms with E-state index in [-0.39, 0.29) is 0 Å². The highest BCUT2D eigenvalue weighted by atomic mass is 14.9. The minimum atomic E-state index is 0.610. The summed E-state index contributed by atoms with van der Waals surface area (Å²) in [5.74, 6) is 0.810. The predicted molar refractivity (Wildman–Crippen MR) is 75.3 cm³/mol. The van der Waals surface area contributed by atoms with E-state index < -0.39 is 0 Å². The molecule has 1 aromatic carbocycles. The molecule has 1 aromatic rings. The summed E-state index contributed by atoms with van der Waals surface area (Å²) in [6.07, 6.45) is 6.65. The molecule has 1 fully saturated rings. The topological polar surface area (TPSA) is 38.0 Å². The van der Waals surface area contributed by atoms with Gasteiger partial charge in [-0.1, -0.05) is 32.3 Å². The zero-order valence-electron chi connectivity index (χ0n) is 11.0. The maximum absolute atomic E-state index is 6.06. The van der Waals surface area contributed by atoms with Gasteiger partial charge in [-0.15, -0.1) is 0 Å². The summed E-state index contributed by atoms with van der Waals surface area (Å²) >= 11 is 0. The molecule has 1 saturated carbocycles. The summed E-state index contributed by atoms with van der Waals surface area (Å²) in [6.45, 7) is 4.37. The van der Waals surface area contributed by atoms with Crippen LogP contribution in [-0.2, 0) is 0 Å². The van der Waals surface area contributed by atoms with Crippen LogP contribution in [0.2, 0.25) is 0 Å². The second kappa shape index (κ2) is 5.44. The van der Waals surface area contributed by atoms with Crippen molar-refractivity contribution >= 4 is 11.4 Å². The second-order valence-corrected chi connectivity index (χ2v) is 5.29. The van der Waals surface area contributed by atoms with Gasteiger partial charge >= 0.3 is 0 Å². The van der Waals surface area contributed by atoms with Gasteiger partial charge in [0.2, 0.25) is 0 Å². The van der Waals surface area contributed by atoms with Gasteiger partial charge in [0, 0.05) is 6.04 Å². The molecule has 0 radical (unpaired) electrons. The Bertz CT molecular complexity index is 373. The minimum absolute atomic E-state index is 0.610. The standard InChI is InChI=1S/C15H24N2/c1-3-12-6-4-5-7-14(12)17-15-9-8-11(2)10-13(15)16/h8-10,12,14,17H,3-7,16H2,1-2H3. The quantitative estimate of drug-likeness (QED) is 0.774. The molecule has 0 bridgehead atoms. The van der Waals surface area contributed by atoms with Crippen LogP contribution in [0.4, 0.5) is 11.4 Å². The fourth-order valence-corrected chi connectivity index (χ4v) is 2.90. The van der Waals surface area contributed by atoms with E-state index in [0.717, 1.165) is 17.3 Å². The first kappa shape index (κ1) is 12.3. The van der Waals surface area contributed by atoms with Gasteiger partial charge in [-0.3, -0.25) is 0 Å². The molecule has 17 heavy (non-hydrogen) atoms. The van der Waals surface area contributed by atoms with Gasteiger partial charge in [-0.25, -0.2) is 0 Å². The molecule has 2 nitrogen and oxygen atoms in total. The van der Waals surface area contributed by atoms with Crippen LogP contribution in [0.3, 0.4) is 0 Å². The molecular weight excluding hydrogens is 208 g/mol. The molecule has 1 aliphatic rings. The first-order chi connectivity index (χ1) is 8.20. The van der Waals surface area contributed by atoms with Crippen molar-refractivity contribution in [3.8, 4) is 0 Å². The van der Waals surface area contributed by atoms with E-state index in [4.69, 9.17) is 5.73 Å². The molecule has 0 spiro atoms. The molecule has 1 aliphatic carbocycles. The van der Waals surface area contributed by atoms with Crippen molar-refractivity contribution in [2.45, 2.75) is 52.0 Å². The monoisotopic (exact) mass is 232 g/mol. The minimum Gasteiger partial charge on any atom is -0.397 e. The third-order valence-electron chi connectivity index (χ3n) is 3.98. The first-order valence-corrected chi connectivity index (χ1v) is 6.83. The Morgan fingerprint density at radius 3 is 2.76 bits per heavy atom. The maximum atomic E-state index is 6.06. The van der Waals surface area contributed by atoms with Crippen molar-refractivity contribution in [2.75, 3.05) is 11.1 Å². The molecule has 3 N–H and O–H groups in total. The number of aryl methyl sites for hydroxylation is 1. The summed E-state index contributed by atoms with van der Waals surface area (Å²) in [6, 6.07) is 6.90. The lowest BCUT2D eigenvalue weighted by Gasteiger charge is -2.32. The zero-order chi connectivity index (χ0) is 12.3. The van der Waals surface area contributed by atoms with E-state index in [1.807, 2.05) is 6.07 Å². The number of benzene rings is 1. The summed E-state index contributed by atoms with van der Waals surface area (Å²) < 4.78 is 0. The molecular formula is C15H24N2. The normalized spacial score (nSPS) is 24.6. The number of nitrogen functional groups attached to an aromatic ring is 1. The summed E-state index contributed by atoms with van der Waals surface area (Å²) in [5.41, 5.74) is 9.28. The van der Waals surface area contributed by atoms with Gasteiger partial charge in [-0.2, -0.15) is 0 Å². The smallest absolute Gasteiger partial charge is 0.0576 e. The molecule has 2 heteroatoms. The molecule has 94 valence electrons. The van der Waals surface area contributed by atoms with Crippen LogP contribution >= 0.6 is 0 Å². The van der Waals surface area contributed by atoms with Crippen molar-refractivity contribution in [3.63, 3.8) is 0 Å². The van der Waals surface area contributed by atoms with Crippen LogP contribution in [0.5, 0.6) is 0 Å². The summed E-state index contributed by atoms with van der Waals surface area (Å²) in [4.78, 5) is 0. The van der Waals surface area contributed by atoms with Crippen LogP contribution in [0.25, 0.3) is 0 Å². The largest absolute Gasteiger partial charge is 0.397 e. The SMILES string of the molecule is CCC1CCCCC1Nc1ccc(C)cc1N. The Labute approximate surface area is 105 Å². The van der Waals surface area contributed by atoms with Gasteiger partial charge in [0.05, 0.1) is 11.4 Å². The van der Waals surface area contributed by atoms with Crippen molar-refractivity contribution in [1.82, 2.24) is 0 Å². The Morgan fingerprint density at radius 2 is 2.06 bits per heavy atom. The van der Waals surface area contributed by atoms with Crippen LogP contribution in [0, 0.1) is 12.8 Å². The lowest BCUT2D eigenvalue weighted by atomic mass is 9.83. The van der Waals surface area contributed by atoms with E-state index in [1.54, 1.807) is 0 Å². The highest BCUT2D eigenvalue weighted by Crippen LogP contribution is 2.31. The molecule has 0 saturated heterocycles.